The van der Waals surface area contributed by atoms with Crippen molar-refractivity contribution >= 4 is 23.3 Å². The quantitative estimate of drug-likeness (QED) is 0.876. The fourth-order valence-corrected chi connectivity index (χ4v) is 2.17. The molecule has 3 amide bonds. The molecule has 1 fully saturated rings. The summed E-state index contributed by atoms with van der Waals surface area (Å²) in [6.07, 6.45) is 0.950. The van der Waals surface area contributed by atoms with Crippen LogP contribution in [0.3, 0.4) is 0 Å². The summed E-state index contributed by atoms with van der Waals surface area (Å²) in [6.45, 7) is 6.11. The maximum atomic E-state index is 11.8. The second-order valence-corrected chi connectivity index (χ2v) is 5.71. The lowest BCUT2D eigenvalue weighted by Gasteiger charge is -2.26. The van der Waals surface area contributed by atoms with Gasteiger partial charge in [-0.2, -0.15) is 0 Å². The maximum absolute atomic E-state index is 11.8. The summed E-state index contributed by atoms with van der Waals surface area (Å²) >= 11 is 0. The first kappa shape index (κ1) is 16.3. The largest absolute Gasteiger partial charge is 0.370 e. The number of nitrogens with one attached hydrogen (secondary N) is 2. The minimum absolute atomic E-state index is 0.0432. The molecule has 1 heterocycles. The molecule has 2 N–H and O–H groups in total. The van der Waals surface area contributed by atoms with Crippen LogP contribution in [0.15, 0.2) is 24.3 Å². The van der Waals surface area contributed by atoms with E-state index in [1.54, 1.807) is 17.0 Å². The predicted octanol–water partition coefficient (Wildman–Crippen LogP) is 2.22. The maximum Gasteiger partial charge on any atom is 0.319 e. The lowest BCUT2D eigenvalue weighted by molar-refractivity contribution is -0.125. The average molecular weight is 305 g/mol. The van der Waals surface area contributed by atoms with Gasteiger partial charge in [-0.1, -0.05) is 13.8 Å². The van der Waals surface area contributed by atoms with E-state index in [9.17, 15) is 9.59 Å². The van der Waals surface area contributed by atoms with Gasteiger partial charge in [-0.05, 0) is 36.6 Å². The van der Waals surface area contributed by atoms with Crippen molar-refractivity contribution in [1.82, 2.24) is 5.32 Å². The van der Waals surface area contributed by atoms with Crippen molar-refractivity contribution in [3.63, 3.8) is 0 Å². The summed E-state index contributed by atoms with van der Waals surface area (Å²) < 4.78 is 5.11. The molecular weight excluding hydrogens is 282 g/mol. The number of hydrogen-bond donors (Lipinski definition) is 2. The number of hydrogen-bond acceptors (Lipinski definition) is 3. The van der Waals surface area contributed by atoms with Gasteiger partial charge >= 0.3 is 6.03 Å². The molecule has 0 spiro atoms. The molecule has 1 aliphatic rings. The van der Waals surface area contributed by atoms with Crippen LogP contribution in [0, 0.1) is 5.92 Å². The van der Waals surface area contributed by atoms with E-state index in [-0.39, 0.29) is 18.5 Å². The zero-order chi connectivity index (χ0) is 15.9. The molecule has 0 unspecified atom stereocenters. The predicted molar refractivity (Wildman–Crippen MR) is 86.1 cm³/mol. The van der Waals surface area contributed by atoms with Crippen LogP contribution < -0.4 is 15.5 Å². The Kier molecular flexibility index (Phi) is 5.77. The first-order valence-electron chi connectivity index (χ1n) is 7.59. The van der Waals surface area contributed by atoms with Crippen LogP contribution in [0.5, 0.6) is 0 Å². The van der Waals surface area contributed by atoms with Crippen molar-refractivity contribution < 1.29 is 14.3 Å². The Balaban J connectivity index is 1.86. The van der Waals surface area contributed by atoms with Crippen molar-refractivity contribution in [2.45, 2.75) is 20.3 Å². The van der Waals surface area contributed by atoms with Crippen LogP contribution in [-0.4, -0.2) is 38.2 Å². The summed E-state index contributed by atoms with van der Waals surface area (Å²) in [5, 5.41) is 5.60. The van der Waals surface area contributed by atoms with Crippen molar-refractivity contribution in [3.05, 3.63) is 24.3 Å². The molecule has 0 aromatic heterocycles. The van der Waals surface area contributed by atoms with Gasteiger partial charge in [0.05, 0.1) is 6.61 Å². The van der Waals surface area contributed by atoms with Crippen LogP contribution in [0.25, 0.3) is 0 Å². The Morgan fingerprint density at radius 1 is 1.32 bits per heavy atom. The molecular formula is C16H23N3O3. The summed E-state index contributed by atoms with van der Waals surface area (Å²) in [5.41, 5.74) is 1.52. The zero-order valence-electron chi connectivity index (χ0n) is 13.1. The van der Waals surface area contributed by atoms with Crippen LogP contribution in [0.2, 0.25) is 0 Å². The van der Waals surface area contributed by atoms with Crippen LogP contribution in [0.4, 0.5) is 16.2 Å². The number of morpholine rings is 1. The molecule has 0 saturated carbocycles. The minimum Gasteiger partial charge on any atom is -0.370 e. The van der Waals surface area contributed by atoms with E-state index in [1.165, 1.54) is 0 Å². The number of ether oxygens (including phenoxy) is 1. The van der Waals surface area contributed by atoms with E-state index in [0.717, 1.165) is 12.1 Å². The molecule has 1 aromatic rings. The van der Waals surface area contributed by atoms with Gasteiger partial charge in [0, 0.05) is 24.5 Å². The Labute approximate surface area is 130 Å². The second-order valence-electron chi connectivity index (χ2n) is 5.71. The molecule has 1 aromatic carbocycles. The summed E-state index contributed by atoms with van der Waals surface area (Å²) in [5.74, 6) is 0.518. The number of carbonyl (C=O) groups is 2. The number of amides is 3. The summed E-state index contributed by atoms with van der Waals surface area (Å²) in [7, 11) is 0. The van der Waals surface area contributed by atoms with Crippen LogP contribution >= 0.6 is 0 Å². The van der Waals surface area contributed by atoms with Crippen molar-refractivity contribution in [1.29, 1.82) is 0 Å². The van der Waals surface area contributed by atoms with Crippen molar-refractivity contribution in [2.75, 3.05) is 36.5 Å². The van der Waals surface area contributed by atoms with Crippen LogP contribution in [-0.2, 0) is 9.53 Å². The molecule has 120 valence electrons. The monoisotopic (exact) mass is 305 g/mol. The van der Waals surface area contributed by atoms with Crippen molar-refractivity contribution in [3.8, 4) is 0 Å². The van der Waals surface area contributed by atoms with Gasteiger partial charge in [0.1, 0.15) is 6.61 Å². The first-order valence-corrected chi connectivity index (χ1v) is 7.59. The highest BCUT2D eigenvalue weighted by Gasteiger charge is 2.19. The van der Waals surface area contributed by atoms with Gasteiger partial charge in [-0.3, -0.25) is 4.79 Å². The van der Waals surface area contributed by atoms with E-state index < -0.39 is 0 Å². The Bertz CT molecular complexity index is 514. The Hall–Kier alpha value is -2.08. The fraction of sp³-hybridized carbons (Fsp3) is 0.500. The van der Waals surface area contributed by atoms with Crippen molar-refractivity contribution in [2.24, 2.45) is 5.92 Å². The van der Waals surface area contributed by atoms with Gasteiger partial charge < -0.3 is 20.3 Å². The molecule has 1 aliphatic heterocycles. The molecule has 0 radical (unpaired) electrons. The highest BCUT2D eigenvalue weighted by Crippen LogP contribution is 2.19. The van der Waals surface area contributed by atoms with Gasteiger partial charge in [0.2, 0.25) is 0 Å². The number of urea groups is 1. The SMILES string of the molecule is CC(C)CCNC(=O)Nc1ccc(N2CCOCC2=O)cc1. The van der Waals surface area contributed by atoms with E-state index in [0.29, 0.717) is 31.3 Å². The lowest BCUT2D eigenvalue weighted by atomic mass is 10.1. The number of benzene rings is 1. The van der Waals surface area contributed by atoms with Gasteiger partial charge in [0.25, 0.3) is 5.91 Å². The molecule has 2 rings (SSSR count). The normalized spacial score (nSPS) is 15.0. The number of rotatable bonds is 5. The third-order valence-corrected chi connectivity index (χ3v) is 3.43. The molecule has 0 atom stereocenters. The number of carbonyl (C=O) groups excluding carboxylic acids is 2. The Morgan fingerprint density at radius 2 is 2.05 bits per heavy atom. The molecule has 0 aliphatic carbocycles. The average Bonchev–Trinajstić information content (AvgIpc) is 2.48. The van der Waals surface area contributed by atoms with Crippen LogP contribution in [0.1, 0.15) is 20.3 Å². The highest BCUT2D eigenvalue weighted by atomic mass is 16.5. The number of anilines is 2. The van der Waals surface area contributed by atoms with E-state index in [2.05, 4.69) is 24.5 Å². The van der Waals surface area contributed by atoms with Gasteiger partial charge in [0.15, 0.2) is 0 Å². The standard InChI is InChI=1S/C16H23N3O3/c1-12(2)7-8-17-16(21)18-13-3-5-14(6-4-13)19-9-10-22-11-15(19)20/h3-6,12H,7-11H2,1-2H3,(H2,17,18,21). The summed E-state index contributed by atoms with van der Waals surface area (Å²) in [4.78, 5) is 25.2. The topological polar surface area (TPSA) is 70.7 Å². The second kappa shape index (κ2) is 7.79. The van der Waals surface area contributed by atoms with E-state index >= 15 is 0 Å². The van der Waals surface area contributed by atoms with Gasteiger partial charge in [-0.15, -0.1) is 0 Å². The third-order valence-electron chi connectivity index (χ3n) is 3.43. The van der Waals surface area contributed by atoms with E-state index in [1.807, 2.05) is 12.1 Å². The smallest absolute Gasteiger partial charge is 0.319 e. The first-order chi connectivity index (χ1) is 10.6. The third kappa shape index (κ3) is 4.73. The molecule has 6 nitrogen and oxygen atoms in total. The molecule has 6 heteroatoms. The summed E-state index contributed by atoms with van der Waals surface area (Å²) in [6, 6.07) is 7.02. The zero-order valence-corrected chi connectivity index (χ0v) is 13.1. The van der Waals surface area contributed by atoms with E-state index in [4.69, 9.17) is 4.74 Å². The highest BCUT2D eigenvalue weighted by molar-refractivity contribution is 5.95. The Morgan fingerprint density at radius 3 is 2.68 bits per heavy atom. The molecule has 22 heavy (non-hydrogen) atoms. The minimum atomic E-state index is -0.212. The lowest BCUT2D eigenvalue weighted by Crippen LogP contribution is -2.41. The fourth-order valence-electron chi connectivity index (χ4n) is 2.17. The molecule has 0 bridgehead atoms. The molecule has 1 saturated heterocycles. The number of nitrogens with zero attached hydrogens (tertiary/aromatic N) is 1. The van der Waals surface area contributed by atoms with Gasteiger partial charge in [-0.25, -0.2) is 4.79 Å².